The highest BCUT2D eigenvalue weighted by molar-refractivity contribution is 7.89. The van der Waals surface area contributed by atoms with Gasteiger partial charge in [-0.15, -0.1) is 0 Å². The Morgan fingerprint density at radius 2 is 1.96 bits per heavy atom. The van der Waals surface area contributed by atoms with Crippen molar-refractivity contribution < 1.29 is 13.2 Å². The number of hydrogen-bond donors (Lipinski definition) is 1. The molecule has 0 spiro atoms. The van der Waals surface area contributed by atoms with E-state index in [1.165, 1.54) is 18.5 Å². The van der Waals surface area contributed by atoms with Crippen LogP contribution in [0.3, 0.4) is 0 Å². The number of nitrogens with zero attached hydrogens (tertiary/aromatic N) is 3. The van der Waals surface area contributed by atoms with Gasteiger partial charge in [-0.1, -0.05) is 6.07 Å². The standard InChI is InChI=1S/C17H16N4O3S/c1-24-14-9-13(21-17(10-14)16-6-2-3-8-19-16)11-20-25(22,23)15-5-4-7-18-12-15/h2-10,12,20H,11H2,1H3. The third-order valence-corrected chi connectivity index (χ3v) is 4.79. The summed E-state index contributed by atoms with van der Waals surface area (Å²) in [6, 6.07) is 12.0. The zero-order valence-corrected chi connectivity index (χ0v) is 14.3. The monoisotopic (exact) mass is 356 g/mol. The van der Waals surface area contributed by atoms with Gasteiger partial charge in [0.15, 0.2) is 0 Å². The summed E-state index contributed by atoms with van der Waals surface area (Å²) in [6.07, 6.45) is 4.48. The van der Waals surface area contributed by atoms with Crippen LogP contribution in [0.25, 0.3) is 11.4 Å². The normalized spacial score (nSPS) is 11.2. The number of aromatic nitrogens is 3. The van der Waals surface area contributed by atoms with Crippen molar-refractivity contribution in [1.29, 1.82) is 0 Å². The van der Waals surface area contributed by atoms with Crippen LogP contribution in [0.2, 0.25) is 0 Å². The summed E-state index contributed by atoms with van der Waals surface area (Å²) < 4.78 is 32.4. The minimum absolute atomic E-state index is 0.0221. The van der Waals surface area contributed by atoms with E-state index in [0.29, 0.717) is 22.8 Å². The summed E-state index contributed by atoms with van der Waals surface area (Å²) in [5, 5.41) is 0. The van der Waals surface area contributed by atoms with Gasteiger partial charge in [-0.2, -0.15) is 0 Å². The number of methoxy groups -OCH3 is 1. The number of pyridine rings is 3. The number of nitrogens with one attached hydrogen (secondary N) is 1. The van der Waals surface area contributed by atoms with Crippen LogP contribution in [0.4, 0.5) is 0 Å². The van der Waals surface area contributed by atoms with Gasteiger partial charge >= 0.3 is 0 Å². The van der Waals surface area contributed by atoms with E-state index in [9.17, 15) is 8.42 Å². The molecule has 8 heteroatoms. The lowest BCUT2D eigenvalue weighted by atomic mass is 10.2. The van der Waals surface area contributed by atoms with E-state index >= 15 is 0 Å². The molecular weight excluding hydrogens is 340 g/mol. The molecule has 25 heavy (non-hydrogen) atoms. The molecule has 0 aliphatic rings. The lowest BCUT2D eigenvalue weighted by Gasteiger charge is -2.09. The highest BCUT2D eigenvalue weighted by Crippen LogP contribution is 2.21. The minimum Gasteiger partial charge on any atom is -0.497 e. The zero-order valence-electron chi connectivity index (χ0n) is 13.5. The Labute approximate surface area is 145 Å². The molecule has 0 aliphatic carbocycles. The predicted octanol–water partition coefficient (Wildman–Crippen LogP) is 2.03. The zero-order chi connectivity index (χ0) is 17.7. The lowest BCUT2D eigenvalue weighted by molar-refractivity contribution is 0.413. The molecule has 128 valence electrons. The molecule has 3 heterocycles. The van der Waals surface area contributed by atoms with Crippen molar-refractivity contribution in [2.45, 2.75) is 11.4 Å². The molecule has 3 aromatic rings. The predicted molar refractivity (Wildman–Crippen MR) is 92.3 cm³/mol. The van der Waals surface area contributed by atoms with Gasteiger partial charge in [0.1, 0.15) is 10.6 Å². The molecule has 0 amide bonds. The van der Waals surface area contributed by atoms with Crippen molar-refractivity contribution >= 4 is 10.0 Å². The molecule has 0 bridgehead atoms. The van der Waals surface area contributed by atoms with Crippen molar-refractivity contribution in [3.8, 4) is 17.1 Å². The van der Waals surface area contributed by atoms with Crippen LogP contribution in [-0.4, -0.2) is 30.5 Å². The maximum atomic E-state index is 12.3. The summed E-state index contributed by atoms with van der Waals surface area (Å²) in [7, 11) is -2.12. The van der Waals surface area contributed by atoms with E-state index in [1.54, 1.807) is 31.5 Å². The van der Waals surface area contributed by atoms with E-state index in [1.807, 2.05) is 18.2 Å². The number of sulfonamides is 1. The van der Waals surface area contributed by atoms with Crippen LogP contribution in [-0.2, 0) is 16.6 Å². The summed E-state index contributed by atoms with van der Waals surface area (Å²) >= 11 is 0. The Morgan fingerprint density at radius 3 is 2.64 bits per heavy atom. The average molecular weight is 356 g/mol. The maximum Gasteiger partial charge on any atom is 0.242 e. The Hall–Kier alpha value is -2.84. The van der Waals surface area contributed by atoms with Gasteiger partial charge in [0, 0.05) is 30.7 Å². The van der Waals surface area contributed by atoms with Gasteiger partial charge in [-0.05, 0) is 24.3 Å². The molecule has 3 rings (SSSR count). The number of rotatable bonds is 6. The third kappa shape index (κ3) is 4.17. The minimum atomic E-state index is -3.66. The molecule has 0 atom stereocenters. The highest BCUT2D eigenvalue weighted by Gasteiger charge is 2.15. The second-order valence-corrected chi connectivity index (χ2v) is 6.88. The third-order valence-electron chi connectivity index (χ3n) is 3.40. The SMILES string of the molecule is COc1cc(CNS(=O)(=O)c2cccnc2)nc(-c2ccccn2)c1. The van der Waals surface area contributed by atoms with E-state index in [4.69, 9.17) is 4.74 Å². The van der Waals surface area contributed by atoms with E-state index in [0.717, 1.165) is 0 Å². The van der Waals surface area contributed by atoms with Crippen molar-refractivity contribution in [2.24, 2.45) is 0 Å². The molecule has 0 aliphatic heterocycles. The topological polar surface area (TPSA) is 94.1 Å². The largest absolute Gasteiger partial charge is 0.497 e. The quantitative estimate of drug-likeness (QED) is 0.726. The fourth-order valence-corrected chi connectivity index (χ4v) is 3.13. The van der Waals surface area contributed by atoms with Crippen LogP contribution in [0.15, 0.2) is 66.0 Å². The Kier molecular flexibility index (Phi) is 5.01. The summed E-state index contributed by atoms with van der Waals surface area (Å²) in [6.45, 7) is 0.0221. The van der Waals surface area contributed by atoms with Gasteiger partial charge in [0.2, 0.25) is 10.0 Å². The second kappa shape index (κ2) is 7.37. The summed E-state index contributed by atoms with van der Waals surface area (Å²) in [4.78, 5) is 12.6. The first-order chi connectivity index (χ1) is 12.1. The van der Waals surface area contributed by atoms with Crippen LogP contribution < -0.4 is 9.46 Å². The summed E-state index contributed by atoms with van der Waals surface area (Å²) in [5.74, 6) is 0.575. The molecule has 0 aromatic carbocycles. The molecule has 3 aromatic heterocycles. The summed E-state index contributed by atoms with van der Waals surface area (Å²) in [5.41, 5.74) is 1.81. The first-order valence-corrected chi connectivity index (χ1v) is 8.93. The number of hydrogen-bond acceptors (Lipinski definition) is 6. The average Bonchev–Trinajstić information content (AvgIpc) is 2.67. The van der Waals surface area contributed by atoms with Gasteiger partial charge in [0.25, 0.3) is 0 Å². The molecule has 7 nitrogen and oxygen atoms in total. The molecule has 0 fully saturated rings. The van der Waals surface area contributed by atoms with E-state index < -0.39 is 10.0 Å². The second-order valence-electron chi connectivity index (χ2n) is 5.11. The van der Waals surface area contributed by atoms with E-state index in [-0.39, 0.29) is 11.4 Å². The molecule has 0 saturated carbocycles. The Bertz CT molecular complexity index is 948. The molecule has 0 radical (unpaired) electrons. The molecular formula is C17H16N4O3S. The van der Waals surface area contributed by atoms with Crippen LogP contribution in [0.1, 0.15) is 5.69 Å². The molecule has 1 N–H and O–H groups in total. The van der Waals surface area contributed by atoms with Crippen LogP contribution in [0, 0.1) is 0 Å². The molecule has 0 unspecified atom stereocenters. The van der Waals surface area contributed by atoms with Gasteiger partial charge in [-0.3, -0.25) is 9.97 Å². The van der Waals surface area contributed by atoms with E-state index in [2.05, 4.69) is 19.7 Å². The Morgan fingerprint density at radius 1 is 1.08 bits per heavy atom. The first-order valence-electron chi connectivity index (χ1n) is 7.44. The molecule has 0 saturated heterocycles. The van der Waals surface area contributed by atoms with Crippen molar-refractivity contribution in [3.05, 3.63) is 66.7 Å². The first kappa shape index (κ1) is 17.0. The van der Waals surface area contributed by atoms with Gasteiger partial charge < -0.3 is 4.74 Å². The van der Waals surface area contributed by atoms with Gasteiger partial charge in [0.05, 0.1) is 30.7 Å². The van der Waals surface area contributed by atoms with Crippen molar-refractivity contribution in [2.75, 3.05) is 7.11 Å². The fourth-order valence-electron chi connectivity index (χ4n) is 2.17. The lowest BCUT2D eigenvalue weighted by Crippen LogP contribution is -2.24. The fraction of sp³-hybridized carbons (Fsp3) is 0.118. The highest BCUT2D eigenvalue weighted by atomic mass is 32.2. The van der Waals surface area contributed by atoms with Crippen molar-refractivity contribution in [1.82, 2.24) is 19.7 Å². The Balaban J connectivity index is 1.85. The number of ether oxygens (including phenoxy) is 1. The van der Waals surface area contributed by atoms with Crippen LogP contribution in [0.5, 0.6) is 5.75 Å². The smallest absolute Gasteiger partial charge is 0.242 e. The van der Waals surface area contributed by atoms with Crippen molar-refractivity contribution in [3.63, 3.8) is 0 Å². The van der Waals surface area contributed by atoms with Crippen LogP contribution >= 0.6 is 0 Å². The van der Waals surface area contributed by atoms with Gasteiger partial charge in [-0.25, -0.2) is 18.1 Å². The maximum absolute atomic E-state index is 12.3.